The molecular formula is C9H15FO3. The molecule has 4 heteroatoms. The number of carbonyl (C=O) groups excluding carboxylic acids is 1. The van der Waals surface area contributed by atoms with Crippen LogP contribution in [-0.2, 0) is 9.53 Å². The van der Waals surface area contributed by atoms with Crippen molar-refractivity contribution in [3.63, 3.8) is 0 Å². The fraction of sp³-hybridized carbons (Fsp3) is 0.889. The number of hydrogen-bond acceptors (Lipinski definition) is 3. The summed E-state index contributed by atoms with van der Waals surface area (Å²) in [5.41, 5.74) is 0. The molecule has 76 valence electrons. The van der Waals surface area contributed by atoms with Crippen LogP contribution in [0.15, 0.2) is 0 Å². The summed E-state index contributed by atoms with van der Waals surface area (Å²) in [5.74, 6) is -0.629. The second-order valence-corrected chi connectivity index (χ2v) is 3.35. The van der Waals surface area contributed by atoms with E-state index in [1.807, 2.05) is 0 Å². The lowest BCUT2D eigenvalue weighted by Gasteiger charge is -2.26. The maximum Gasteiger partial charge on any atom is 0.309 e. The summed E-state index contributed by atoms with van der Waals surface area (Å²) in [6.45, 7) is 2.07. The first-order valence-electron chi connectivity index (χ1n) is 4.64. The Balaban J connectivity index is 2.40. The van der Waals surface area contributed by atoms with Gasteiger partial charge in [-0.05, 0) is 26.2 Å². The van der Waals surface area contributed by atoms with Crippen molar-refractivity contribution in [2.24, 2.45) is 5.92 Å². The maximum absolute atomic E-state index is 12.8. The van der Waals surface area contributed by atoms with Crippen molar-refractivity contribution in [3.8, 4) is 0 Å². The zero-order valence-electron chi connectivity index (χ0n) is 7.70. The van der Waals surface area contributed by atoms with Gasteiger partial charge in [0, 0.05) is 0 Å². The highest BCUT2D eigenvalue weighted by Gasteiger charge is 2.33. The molecule has 0 heterocycles. The Morgan fingerprint density at radius 3 is 2.85 bits per heavy atom. The van der Waals surface area contributed by atoms with Crippen molar-refractivity contribution in [3.05, 3.63) is 0 Å². The van der Waals surface area contributed by atoms with Gasteiger partial charge in [-0.15, -0.1) is 0 Å². The van der Waals surface area contributed by atoms with Crippen LogP contribution < -0.4 is 0 Å². The molecule has 0 unspecified atom stereocenters. The van der Waals surface area contributed by atoms with Crippen molar-refractivity contribution in [2.75, 3.05) is 6.61 Å². The smallest absolute Gasteiger partial charge is 0.309 e. The molecule has 0 aromatic carbocycles. The molecule has 1 fully saturated rings. The fourth-order valence-electron chi connectivity index (χ4n) is 1.58. The second-order valence-electron chi connectivity index (χ2n) is 3.35. The summed E-state index contributed by atoms with van der Waals surface area (Å²) in [4.78, 5) is 11.2. The number of rotatable bonds is 2. The zero-order chi connectivity index (χ0) is 9.84. The van der Waals surface area contributed by atoms with Gasteiger partial charge in [-0.25, -0.2) is 4.39 Å². The van der Waals surface area contributed by atoms with E-state index in [1.165, 1.54) is 0 Å². The van der Waals surface area contributed by atoms with Gasteiger partial charge in [0.25, 0.3) is 0 Å². The number of hydrogen-bond donors (Lipinski definition) is 1. The molecule has 1 aliphatic rings. The number of esters is 1. The average Bonchev–Trinajstić information content (AvgIpc) is 2.10. The van der Waals surface area contributed by atoms with Crippen LogP contribution in [0.5, 0.6) is 0 Å². The normalized spacial score (nSPS) is 34.2. The van der Waals surface area contributed by atoms with Gasteiger partial charge in [0.1, 0.15) is 6.17 Å². The highest BCUT2D eigenvalue weighted by Crippen LogP contribution is 2.27. The van der Waals surface area contributed by atoms with E-state index in [2.05, 4.69) is 0 Å². The van der Waals surface area contributed by atoms with E-state index in [0.717, 1.165) is 0 Å². The standard InChI is InChI=1S/C9H15FO3/c1-2-13-9(12)6-3-4-7(10)8(11)5-6/h6-8,11H,2-5H2,1H3/t6-,7+,8+/m0/s1. The second kappa shape index (κ2) is 4.56. The molecule has 13 heavy (non-hydrogen) atoms. The van der Waals surface area contributed by atoms with Crippen molar-refractivity contribution in [1.29, 1.82) is 0 Å². The molecule has 1 rings (SSSR count). The molecular weight excluding hydrogens is 175 g/mol. The Kier molecular flexibility index (Phi) is 3.66. The van der Waals surface area contributed by atoms with Crippen LogP contribution in [0.2, 0.25) is 0 Å². The minimum absolute atomic E-state index is 0.194. The zero-order valence-corrected chi connectivity index (χ0v) is 7.70. The largest absolute Gasteiger partial charge is 0.466 e. The monoisotopic (exact) mass is 190 g/mol. The molecule has 0 spiro atoms. The summed E-state index contributed by atoms with van der Waals surface area (Å²) in [6.07, 6.45) is -1.24. The first-order chi connectivity index (χ1) is 6.15. The molecule has 0 radical (unpaired) electrons. The van der Waals surface area contributed by atoms with Crippen LogP contribution in [0.4, 0.5) is 4.39 Å². The molecule has 0 aliphatic heterocycles. The molecule has 3 atom stereocenters. The lowest BCUT2D eigenvalue weighted by molar-refractivity contribution is -0.151. The topological polar surface area (TPSA) is 46.5 Å². The molecule has 0 aromatic heterocycles. The number of aliphatic hydroxyl groups excluding tert-OH is 1. The molecule has 0 bridgehead atoms. The maximum atomic E-state index is 12.8. The summed E-state index contributed by atoms with van der Waals surface area (Å²) in [6, 6.07) is 0. The lowest BCUT2D eigenvalue weighted by atomic mass is 9.86. The van der Waals surface area contributed by atoms with Gasteiger partial charge in [-0.1, -0.05) is 0 Å². The number of carbonyl (C=O) groups is 1. The Hall–Kier alpha value is -0.640. The predicted molar refractivity (Wildman–Crippen MR) is 44.9 cm³/mol. The Labute approximate surface area is 76.9 Å². The molecule has 1 aliphatic carbocycles. The molecule has 0 saturated heterocycles. The molecule has 3 nitrogen and oxygen atoms in total. The average molecular weight is 190 g/mol. The van der Waals surface area contributed by atoms with E-state index in [4.69, 9.17) is 4.74 Å². The predicted octanol–water partition coefficient (Wildman–Crippen LogP) is 1.05. The first-order valence-corrected chi connectivity index (χ1v) is 4.64. The number of halogens is 1. The van der Waals surface area contributed by atoms with Crippen LogP contribution in [-0.4, -0.2) is 30.0 Å². The van der Waals surface area contributed by atoms with Gasteiger partial charge in [-0.3, -0.25) is 4.79 Å². The van der Waals surface area contributed by atoms with Crippen LogP contribution in [0.3, 0.4) is 0 Å². The van der Waals surface area contributed by atoms with E-state index in [1.54, 1.807) is 6.92 Å². The van der Waals surface area contributed by atoms with Gasteiger partial charge in [-0.2, -0.15) is 0 Å². The molecule has 1 saturated carbocycles. The summed E-state index contributed by atoms with van der Waals surface area (Å²) in [5, 5.41) is 9.18. The minimum Gasteiger partial charge on any atom is -0.466 e. The van der Waals surface area contributed by atoms with E-state index in [9.17, 15) is 14.3 Å². The molecule has 1 N–H and O–H groups in total. The quantitative estimate of drug-likeness (QED) is 0.662. The SMILES string of the molecule is CCOC(=O)[C@H]1CC[C@@H](F)[C@H](O)C1. The molecule has 0 amide bonds. The van der Waals surface area contributed by atoms with Gasteiger partial charge >= 0.3 is 5.97 Å². The van der Waals surface area contributed by atoms with Crippen LogP contribution in [0, 0.1) is 5.92 Å². The lowest BCUT2D eigenvalue weighted by Crippen LogP contribution is -2.34. The summed E-state index contributed by atoms with van der Waals surface area (Å²) in [7, 11) is 0. The molecule has 0 aromatic rings. The van der Waals surface area contributed by atoms with Gasteiger partial charge in [0.05, 0.1) is 18.6 Å². The minimum atomic E-state index is -1.18. The number of aliphatic hydroxyl groups is 1. The highest BCUT2D eigenvalue weighted by atomic mass is 19.1. The van der Waals surface area contributed by atoms with Crippen molar-refractivity contribution < 1.29 is 19.0 Å². The number of alkyl halides is 1. The summed E-state index contributed by atoms with van der Waals surface area (Å²) >= 11 is 0. The third-order valence-electron chi connectivity index (χ3n) is 2.35. The third-order valence-corrected chi connectivity index (χ3v) is 2.35. The van der Waals surface area contributed by atoms with Crippen LogP contribution in [0.1, 0.15) is 26.2 Å². The van der Waals surface area contributed by atoms with Gasteiger partial charge < -0.3 is 9.84 Å². The van der Waals surface area contributed by atoms with E-state index in [-0.39, 0.29) is 24.7 Å². The van der Waals surface area contributed by atoms with E-state index < -0.39 is 12.3 Å². The Morgan fingerprint density at radius 1 is 1.62 bits per heavy atom. The number of ether oxygens (including phenoxy) is 1. The van der Waals surface area contributed by atoms with Gasteiger partial charge in [0.15, 0.2) is 0 Å². The highest BCUT2D eigenvalue weighted by molar-refractivity contribution is 5.72. The van der Waals surface area contributed by atoms with Crippen molar-refractivity contribution >= 4 is 5.97 Å². The van der Waals surface area contributed by atoms with Crippen LogP contribution in [0.25, 0.3) is 0 Å². The third kappa shape index (κ3) is 2.66. The van der Waals surface area contributed by atoms with E-state index in [0.29, 0.717) is 13.0 Å². The Morgan fingerprint density at radius 2 is 2.31 bits per heavy atom. The van der Waals surface area contributed by atoms with Crippen LogP contribution >= 0.6 is 0 Å². The van der Waals surface area contributed by atoms with Gasteiger partial charge in [0.2, 0.25) is 0 Å². The fourth-order valence-corrected chi connectivity index (χ4v) is 1.58. The first kappa shape index (κ1) is 10.4. The van der Waals surface area contributed by atoms with Crippen molar-refractivity contribution in [1.82, 2.24) is 0 Å². The summed E-state index contributed by atoms with van der Waals surface area (Å²) < 4.78 is 17.6. The van der Waals surface area contributed by atoms with E-state index >= 15 is 0 Å². The van der Waals surface area contributed by atoms with Crippen molar-refractivity contribution in [2.45, 2.75) is 38.5 Å². The Bertz CT molecular complexity index is 184.